The minimum absolute atomic E-state index is 0.179. The van der Waals surface area contributed by atoms with Gasteiger partial charge in [0.1, 0.15) is 5.65 Å². The Morgan fingerprint density at radius 1 is 1.33 bits per heavy atom. The molecule has 0 atom stereocenters. The number of rotatable bonds is 4. The number of hydrogen-bond donors (Lipinski definition) is 2. The van der Waals surface area contributed by atoms with Gasteiger partial charge < -0.3 is 10.3 Å². The summed E-state index contributed by atoms with van der Waals surface area (Å²) in [6.07, 6.45) is 8.66. The minimum Gasteiger partial charge on any atom is -0.351 e. The number of aromatic amines is 1. The van der Waals surface area contributed by atoms with E-state index in [0.29, 0.717) is 11.6 Å². The van der Waals surface area contributed by atoms with E-state index in [1.807, 2.05) is 24.5 Å². The van der Waals surface area contributed by atoms with Crippen molar-refractivity contribution in [2.75, 3.05) is 5.32 Å². The maximum Gasteiger partial charge on any atom is 0.252 e. The Kier molecular flexibility index (Phi) is 3.30. The first-order valence-corrected chi connectivity index (χ1v) is 8.61. The van der Waals surface area contributed by atoms with Crippen molar-refractivity contribution in [2.24, 2.45) is 0 Å². The molecule has 0 radical (unpaired) electrons. The van der Waals surface area contributed by atoms with E-state index in [-0.39, 0.29) is 18.9 Å². The molecule has 4 aromatic rings. The Labute approximate surface area is 153 Å². The van der Waals surface area contributed by atoms with Gasteiger partial charge in [0.05, 0.1) is 11.7 Å². The fourth-order valence-electron chi connectivity index (χ4n) is 3.49. The number of fused-ring (bicyclic) bond motifs is 2. The monoisotopic (exact) mass is 366 g/mol. The topological polar surface area (TPSA) is 70.9 Å². The molecular formula is C19H16F2N6. The summed E-state index contributed by atoms with van der Waals surface area (Å²) < 4.78 is 27.7. The molecule has 1 aliphatic carbocycles. The molecule has 0 aromatic carbocycles. The molecule has 0 amide bonds. The smallest absolute Gasteiger partial charge is 0.252 e. The van der Waals surface area contributed by atoms with Crippen LogP contribution < -0.4 is 5.32 Å². The van der Waals surface area contributed by atoms with Gasteiger partial charge in [-0.1, -0.05) is 12.7 Å². The zero-order valence-electron chi connectivity index (χ0n) is 14.3. The lowest BCUT2D eigenvalue weighted by Crippen LogP contribution is -2.44. The van der Waals surface area contributed by atoms with Gasteiger partial charge in [-0.25, -0.2) is 18.3 Å². The molecule has 0 saturated heterocycles. The summed E-state index contributed by atoms with van der Waals surface area (Å²) >= 11 is 0. The van der Waals surface area contributed by atoms with E-state index in [1.54, 1.807) is 23.0 Å². The van der Waals surface area contributed by atoms with Crippen LogP contribution in [0.3, 0.4) is 0 Å². The van der Waals surface area contributed by atoms with Crippen LogP contribution in [0, 0.1) is 0 Å². The van der Waals surface area contributed by atoms with Crippen molar-refractivity contribution < 1.29 is 8.78 Å². The molecule has 8 heteroatoms. The van der Waals surface area contributed by atoms with Crippen LogP contribution in [0.2, 0.25) is 0 Å². The Bertz CT molecular complexity index is 1170. The second kappa shape index (κ2) is 5.60. The van der Waals surface area contributed by atoms with Gasteiger partial charge in [-0.3, -0.25) is 0 Å². The van der Waals surface area contributed by atoms with Crippen LogP contribution >= 0.6 is 0 Å². The third-order valence-corrected chi connectivity index (χ3v) is 4.94. The van der Waals surface area contributed by atoms with E-state index in [4.69, 9.17) is 0 Å². The number of pyridine rings is 1. The van der Waals surface area contributed by atoms with Crippen molar-refractivity contribution in [1.29, 1.82) is 0 Å². The van der Waals surface area contributed by atoms with E-state index in [2.05, 4.69) is 31.9 Å². The van der Waals surface area contributed by atoms with E-state index >= 15 is 0 Å². The van der Waals surface area contributed by atoms with Gasteiger partial charge in [0.15, 0.2) is 0 Å². The molecular weight excluding hydrogens is 350 g/mol. The van der Waals surface area contributed by atoms with Crippen LogP contribution in [0.1, 0.15) is 18.4 Å². The van der Waals surface area contributed by atoms with Gasteiger partial charge in [0.25, 0.3) is 5.92 Å². The molecule has 136 valence electrons. The van der Waals surface area contributed by atoms with Crippen molar-refractivity contribution in [3.05, 3.63) is 49.1 Å². The Morgan fingerprint density at radius 3 is 2.96 bits per heavy atom. The Balaban J connectivity index is 1.48. The lowest BCUT2D eigenvalue weighted by Gasteiger charge is -2.35. The molecule has 4 aromatic heterocycles. The van der Waals surface area contributed by atoms with Crippen LogP contribution in [-0.2, 0) is 0 Å². The highest BCUT2D eigenvalue weighted by Crippen LogP contribution is 2.38. The molecule has 0 spiro atoms. The maximum absolute atomic E-state index is 13.0. The van der Waals surface area contributed by atoms with Gasteiger partial charge in [-0.2, -0.15) is 10.1 Å². The van der Waals surface area contributed by atoms with Gasteiger partial charge in [-0.05, 0) is 17.7 Å². The van der Waals surface area contributed by atoms with Crippen LogP contribution in [0.5, 0.6) is 0 Å². The highest BCUT2D eigenvalue weighted by Gasteiger charge is 2.45. The zero-order chi connectivity index (χ0) is 18.6. The molecule has 5 rings (SSSR count). The number of anilines is 1. The molecule has 0 bridgehead atoms. The van der Waals surface area contributed by atoms with Crippen LogP contribution in [0.25, 0.3) is 33.8 Å². The van der Waals surface area contributed by atoms with Crippen LogP contribution in [0.4, 0.5) is 14.7 Å². The van der Waals surface area contributed by atoms with Gasteiger partial charge in [0, 0.05) is 54.0 Å². The first-order chi connectivity index (χ1) is 13.0. The number of hydrogen-bond acceptors (Lipinski definition) is 4. The molecule has 6 nitrogen and oxygen atoms in total. The number of nitrogens with zero attached hydrogens (tertiary/aromatic N) is 4. The molecule has 1 aliphatic rings. The van der Waals surface area contributed by atoms with E-state index in [9.17, 15) is 8.78 Å². The first kappa shape index (κ1) is 15.9. The largest absolute Gasteiger partial charge is 0.351 e. The summed E-state index contributed by atoms with van der Waals surface area (Å²) in [6.45, 7) is 3.82. The second-order valence-electron chi connectivity index (χ2n) is 6.81. The number of aromatic nitrogens is 5. The SMILES string of the molecule is C=Cc1cnn2ccc(-c3c[nH]c4nc(NC5CC(F)(F)C5)ncc34)cc12. The summed E-state index contributed by atoms with van der Waals surface area (Å²) in [6, 6.07) is 3.72. The summed E-state index contributed by atoms with van der Waals surface area (Å²) in [7, 11) is 0. The number of halogens is 2. The van der Waals surface area contributed by atoms with Crippen molar-refractivity contribution in [3.8, 4) is 11.1 Å². The maximum atomic E-state index is 13.0. The van der Waals surface area contributed by atoms with Crippen molar-refractivity contribution in [1.82, 2.24) is 24.6 Å². The fourth-order valence-corrected chi connectivity index (χ4v) is 3.49. The molecule has 0 aliphatic heterocycles. The van der Waals surface area contributed by atoms with Gasteiger partial charge in [0.2, 0.25) is 5.95 Å². The van der Waals surface area contributed by atoms with Gasteiger partial charge in [-0.15, -0.1) is 0 Å². The number of alkyl halides is 2. The lowest BCUT2D eigenvalue weighted by molar-refractivity contribution is -0.0794. The summed E-state index contributed by atoms with van der Waals surface area (Å²) in [5, 5.41) is 8.12. The predicted molar refractivity (Wildman–Crippen MR) is 99.8 cm³/mol. The average molecular weight is 366 g/mol. The predicted octanol–water partition coefficient (Wildman–Crippen LogP) is 4.13. The average Bonchev–Trinajstić information content (AvgIpc) is 3.22. The van der Waals surface area contributed by atoms with E-state index in [0.717, 1.165) is 27.6 Å². The second-order valence-corrected chi connectivity index (χ2v) is 6.81. The summed E-state index contributed by atoms with van der Waals surface area (Å²) in [5.41, 5.74) is 4.54. The fraction of sp³-hybridized carbons (Fsp3) is 0.211. The van der Waals surface area contributed by atoms with E-state index < -0.39 is 5.92 Å². The number of nitrogens with one attached hydrogen (secondary N) is 2. The van der Waals surface area contributed by atoms with Crippen LogP contribution in [0.15, 0.2) is 43.5 Å². The highest BCUT2D eigenvalue weighted by molar-refractivity contribution is 5.94. The van der Waals surface area contributed by atoms with Crippen LogP contribution in [-0.4, -0.2) is 36.5 Å². The number of H-pyrrole nitrogens is 1. The third-order valence-electron chi connectivity index (χ3n) is 4.94. The molecule has 1 fully saturated rings. The van der Waals surface area contributed by atoms with Crippen molar-refractivity contribution in [3.63, 3.8) is 0 Å². The first-order valence-electron chi connectivity index (χ1n) is 8.61. The summed E-state index contributed by atoms with van der Waals surface area (Å²) in [5.74, 6) is -2.21. The quantitative estimate of drug-likeness (QED) is 0.570. The Morgan fingerprint density at radius 2 is 2.19 bits per heavy atom. The molecule has 0 unspecified atom stereocenters. The molecule has 1 saturated carbocycles. The summed E-state index contributed by atoms with van der Waals surface area (Å²) in [4.78, 5) is 11.9. The highest BCUT2D eigenvalue weighted by atomic mass is 19.3. The standard InChI is InChI=1S/C19H16F2N6/c1-2-11-8-24-27-4-3-12(5-16(11)27)14-9-22-17-15(14)10-23-18(26-17)25-13-6-19(20,21)7-13/h2-5,8-10,13H,1,6-7H2,(H2,22,23,25,26). The van der Waals surface area contributed by atoms with E-state index in [1.165, 1.54) is 0 Å². The van der Waals surface area contributed by atoms with Crippen molar-refractivity contribution >= 4 is 28.6 Å². The lowest BCUT2D eigenvalue weighted by atomic mass is 9.88. The Hall–Kier alpha value is -3.29. The zero-order valence-corrected chi connectivity index (χ0v) is 14.3. The van der Waals surface area contributed by atoms with Crippen molar-refractivity contribution in [2.45, 2.75) is 24.8 Å². The van der Waals surface area contributed by atoms with Gasteiger partial charge >= 0.3 is 0 Å². The molecule has 27 heavy (non-hydrogen) atoms. The normalized spacial score (nSPS) is 16.5. The third kappa shape index (κ3) is 2.64. The minimum atomic E-state index is -2.57. The molecule has 2 N–H and O–H groups in total. The molecule has 4 heterocycles.